The van der Waals surface area contributed by atoms with Gasteiger partial charge < -0.3 is 24.2 Å². The van der Waals surface area contributed by atoms with E-state index in [1.807, 2.05) is 19.1 Å². The number of nitro groups is 2. The average Bonchev–Trinajstić information content (AvgIpc) is 3.41. The van der Waals surface area contributed by atoms with Gasteiger partial charge in [0.05, 0.1) is 30.1 Å². The number of likely N-dealkylation sites (N-methyl/N-ethyl adjacent to an activating group) is 1. The minimum atomic E-state index is -2.51. The van der Waals surface area contributed by atoms with E-state index in [0.29, 0.717) is 25.9 Å². The molecule has 5 rings (SSSR count). The van der Waals surface area contributed by atoms with E-state index in [4.69, 9.17) is 14.2 Å². The summed E-state index contributed by atoms with van der Waals surface area (Å²) in [5.41, 5.74) is -5.83. The predicted octanol–water partition coefficient (Wildman–Crippen LogP) is 1.46. The van der Waals surface area contributed by atoms with E-state index in [-0.39, 0.29) is 11.3 Å². The molecule has 1 aliphatic carbocycles. The van der Waals surface area contributed by atoms with Crippen LogP contribution in [-0.4, -0.2) is 89.9 Å². The lowest BCUT2D eigenvalue weighted by Crippen LogP contribution is -2.81. The van der Waals surface area contributed by atoms with Crippen molar-refractivity contribution in [2.45, 2.75) is 55.9 Å². The minimum absolute atomic E-state index is 0.000316. The molecule has 3 aliphatic heterocycles. The lowest BCUT2D eigenvalue weighted by Gasteiger charge is -2.63. The number of carbonyl (C=O) groups is 2. The largest absolute Gasteiger partial charge is 0.485 e. The molecule has 14 nitrogen and oxygen atoms in total. The summed E-state index contributed by atoms with van der Waals surface area (Å²) in [7, 11) is 3.68. The molecular weight excluding hydrogens is 516 g/mol. The molecule has 1 N–H and O–H groups in total. The summed E-state index contributed by atoms with van der Waals surface area (Å²) >= 11 is 0. The molecule has 14 heteroatoms. The summed E-state index contributed by atoms with van der Waals surface area (Å²) in [4.78, 5) is 52.7. The fourth-order valence-electron chi connectivity index (χ4n) is 8.19. The molecule has 0 unspecified atom stereocenters. The fourth-order valence-corrected chi connectivity index (χ4v) is 8.19. The Morgan fingerprint density at radius 3 is 2.44 bits per heavy atom. The number of methoxy groups -OCH3 is 2. The summed E-state index contributed by atoms with van der Waals surface area (Å²) in [5.74, 6) is -2.35. The van der Waals surface area contributed by atoms with Crippen LogP contribution in [0.1, 0.15) is 32.3 Å². The number of rotatable bonds is 6. The molecule has 2 fully saturated rings. The van der Waals surface area contributed by atoms with Gasteiger partial charge in [-0.2, -0.15) is 0 Å². The number of aliphatic hydroxyl groups is 1. The smallest absolute Gasteiger partial charge is 0.344 e. The van der Waals surface area contributed by atoms with Gasteiger partial charge in [-0.05, 0) is 24.9 Å². The Hall–Kier alpha value is -3.78. The lowest BCUT2D eigenvalue weighted by atomic mass is 9.47. The fraction of sp³-hybridized carbons (Fsp3) is 0.600. The highest BCUT2D eigenvalue weighted by molar-refractivity contribution is 5.90. The highest BCUT2D eigenvalue weighted by Crippen LogP contribution is 2.69. The second-order valence-corrected chi connectivity index (χ2v) is 10.6. The molecule has 4 aliphatic rings. The summed E-state index contributed by atoms with van der Waals surface area (Å²) in [6, 6.07) is -0.497. The van der Waals surface area contributed by atoms with Crippen molar-refractivity contribution in [1.29, 1.82) is 0 Å². The molecular formula is C25H30N4O10. The number of nitro benzene ring substituents is 2. The van der Waals surface area contributed by atoms with Crippen molar-refractivity contribution in [1.82, 2.24) is 4.90 Å². The van der Waals surface area contributed by atoms with Crippen molar-refractivity contribution in [3.8, 4) is 5.75 Å². The van der Waals surface area contributed by atoms with Gasteiger partial charge in [-0.1, -0.05) is 19.1 Å². The Morgan fingerprint density at radius 2 is 1.90 bits per heavy atom. The van der Waals surface area contributed by atoms with Gasteiger partial charge in [-0.25, -0.2) is 4.79 Å². The van der Waals surface area contributed by atoms with E-state index in [9.17, 15) is 34.9 Å². The number of carbonyl (C=O) groups excluding carboxylic acids is 2. The zero-order valence-electron chi connectivity index (χ0n) is 22.2. The molecule has 1 saturated carbocycles. The van der Waals surface area contributed by atoms with Crippen LogP contribution >= 0.6 is 0 Å². The van der Waals surface area contributed by atoms with E-state index >= 15 is 0 Å². The monoisotopic (exact) mass is 546 g/mol. The van der Waals surface area contributed by atoms with E-state index in [0.717, 1.165) is 14.2 Å². The summed E-state index contributed by atoms with van der Waals surface area (Å²) in [6.45, 7) is 3.99. The molecule has 1 spiro atoms. The first-order valence-corrected chi connectivity index (χ1v) is 12.5. The Kier molecular flexibility index (Phi) is 5.92. The highest BCUT2D eigenvalue weighted by Gasteiger charge is 2.81. The standard InChI is InChI=1S/C25H30N4O10/c1-6-23-8-7-10-27-11-9-24(19(23)27)14-12-15(28(33)34)18(37-4)17(29(35)36)16(14)26(3)20(24)25(32,22(31)38-5)21(23)39-13(2)30/h7-8,12,19-21,32H,6,9-11H2,1-5H3/t19-,20+,21+,23+,24+,25-/m0/s1. The van der Waals surface area contributed by atoms with Gasteiger partial charge in [0.25, 0.3) is 5.75 Å². The maximum Gasteiger partial charge on any atom is 0.344 e. The lowest BCUT2D eigenvalue weighted by molar-refractivity contribution is -0.395. The van der Waals surface area contributed by atoms with Crippen molar-refractivity contribution < 1.29 is 38.8 Å². The van der Waals surface area contributed by atoms with Gasteiger partial charge in [0.2, 0.25) is 5.60 Å². The number of hydrogen-bond donors (Lipinski definition) is 1. The van der Waals surface area contributed by atoms with Crippen LogP contribution in [0.5, 0.6) is 5.75 Å². The van der Waals surface area contributed by atoms with Gasteiger partial charge in [0.15, 0.2) is 6.10 Å². The molecule has 0 amide bonds. The van der Waals surface area contributed by atoms with Gasteiger partial charge in [-0.15, -0.1) is 0 Å². The van der Waals surface area contributed by atoms with Crippen LogP contribution in [0.3, 0.4) is 0 Å². The number of anilines is 1. The predicted molar refractivity (Wildman–Crippen MR) is 135 cm³/mol. The molecule has 0 radical (unpaired) electrons. The summed E-state index contributed by atoms with van der Waals surface area (Å²) in [5, 5.41) is 37.2. The number of fused-ring (bicyclic) bond motifs is 1. The van der Waals surface area contributed by atoms with Crippen LogP contribution in [0.2, 0.25) is 0 Å². The van der Waals surface area contributed by atoms with E-state index in [2.05, 4.69) is 4.90 Å². The molecule has 6 atom stereocenters. The number of esters is 2. The molecule has 210 valence electrons. The van der Waals surface area contributed by atoms with Crippen LogP contribution in [-0.2, 0) is 24.5 Å². The SMILES string of the molecule is CC[C@]12C=CCN3CC[C@@]4(c5cc([N+](=O)[O-])c(OC)c([N+](=O)[O-])c5N(C)[C@H]4[C@@](O)(C(=O)OC)[C@@H]1OC(C)=O)[C@@H]32. The Morgan fingerprint density at radius 1 is 1.21 bits per heavy atom. The van der Waals surface area contributed by atoms with E-state index in [1.165, 1.54) is 24.9 Å². The number of nitrogens with zero attached hydrogens (tertiary/aromatic N) is 4. The molecule has 0 aromatic heterocycles. The van der Waals surface area contributed by atoms with Gasteiger partial charge in [0, 0.05) is 43.5 Å². The van der Waals surface area contributed by atoms with Crippen molar-refractivity contribution in [2.24, 2.45) is 5.41 Å². The Labute approximate surface area is 223 Å². The van der Waals surface area contributed by atoms with Crippen LogP contribution in [0.4, 0.5) is 17.1 Å². The van der Waals surface area contributed by atoms with Crippen LogP contribution < -0.4 is 9.64 Å². The second-order valence-electron chi connectivity index (χ2n) is 10.6. The van der Waals surface area contributed by atoms with Gasteiger partial charge in [-0.3, -0.25) is 29.9 Å². The van der Waals surface area contributed by atoms with Crippen LogP contribution in [0.25, 0.3) is 0 Å². The maximum atomic E-state index is 13.6. The number of ether oxygens (including phenoxy) is 3. The first kappa shape index (κ1) is 26.8. The summed E-state index contributed by atoms with van der Waals surface area (Å²) < 4.78 is 16.1. The molecule has 39 heavy (non-hydrogen) atoms. The zero-order chi connectivity index (χ0) is 28.7. The molecule has 1 aromatic rings. The normalized spacial score (nSPS) is 34.1. The van der Waals surface area contributed by atoms with Crippen molar-refractivity contribution >= 4 is 29.0 Å². The molecule has 3 heterocycles. The summed E-state index contributed by atoms with van der Waals surface area (Å²) in [6.07, 6.45) is 2.92. The van der Waals surface area contributed by atoms with E-state index in [1.54, 1.807) is 0 Å². The first-order chi connectivity index (χ1) is 18.4. The Balaban J connectivity index is 1.96. The molecule has 1 saturated heterocycles. The number of hydrogen-bond acceptors (Lipinski definition) is 12. The van der Waals surface area contributed by atoms with Crippen molar-refractivity contribution in [2.75, 3.05) is 39.3 Å². The topological polar surface area (TPSA) is 175 Å². The van der Waals surface area contributed by atoms with Crippen LogP contribution in [0, 0.1) is 25.6 Å². The zero-order valence-corrected chi connectivity index (χ0v) is 22.2. The maximum absolute atomic E-state index is 13.6. The minimum Gasteiger partial charge on any atom is -0.485 e. The first-order valence-electron chi connectivity index (χ1n) is 12.5. The van der Waals surface area contributed by atoms with Crippen molar-refractivity contribution in [3.05, 3.63) is 44.0 Å². The molecule has 0 bridgehead atoms. The van der Waals surface area contributed by atoms with E-state index < -0.39 is 73.5 Å². The highest BCUT2D eigenvalue weighted by atomic mass is 16.6. The third-order valence-electron chi connectivity index (χ3n) is 9.18. The molecule has 1 aromatic carbocycles. The van der Waals surface area contributed by atoms with Gasteiger partial charge in [0.1, 0.15) is 5.69 Å². The Bertz CT molecular complexity index is 1330. The quantitative estimate of drug-likeness (QED) is 0.236. The third kappa shape index (κ3) is 3.03. The second kappa shape index (κ2) is 8.61. The third-order valence-corrected chi connectivity index (χ3v) is 9.18. The van der Waals surface area contributed by atoms with Gasteiger partial charge >= 0.3 is 23.3 Å². The van der Waals surface area contributed by atoms with Crippen LogP contribution in [0.15, 0.2) is 18.2 Å². The average molecular weight is 547 g/mol. The number of benzene rings is 1. The van der Waals surface area contributed by atoms with Crippen molar-refractivity contribution in [3.63, 3.8) is 0 Å².